The van der Waals surface area contributed by atoms with Gasteiger partial charge in [-0.15, -0.1) is 0 Å². The fraction of sp³-hybridized carbons (Fsp3) is 0.533. The summed E-state index contributed by atoms with van der Waals surface area (Å²) in [6.07, 6.45) is 4.24. The first-order valence-electron chi connectivity index (χ1n) is 6.66. The highest BCUT2D eigenvalue weighted by molar-refractivity contribution is 6.01. The van der Waals surface area contributed by atoms with E-state index < -0.39 is 0 Å². The van der Waals surface area contributed by atoms with Crippen molar-refractivity contribution in [2.24, 2.45) is 0 Å². The van der Waals surface area contributed by atoms with Gasteiger partial charge in [-0.1, -0.05) is 26.0 Å². The molecule has 0 aromatic heterocycles. The highest BCUT2D eigenvalue weighted by Gasteiger charge is 2.25. The maximum Gasteiger partial charge on any atom is 0.164 e. The molecule has 0 N–H and O–H groups in total. The number of Topliss-reactive ketones (excluding diaryl/α,β-unsaturated/α-hetero) is 1. The lowest BCUT2D eigenvalue weighted by Crippen LogP contribution is -2.29. The molecule has 1 unspecified atom stereocenters. The number of rotatable bonds is 4. The zero-order chi connectivity index (χ0) is 12.3. The van der Waals surface area contributed by atoms with Crippen LogP contribution in [0.2, 0.25) is 0 Å². The maximum absolute atomic E-state index is 12.0. The van der Waals surface area contributed by atoms with Crippen molar-refractivity contribution in [3.63, 3.8) is 0 Å². The fourth-order valence-corrected chi connectivity index (χ4v) is 2.73. The number of anilines is 1. The minimum absolute atomic E-state index is 0.252. The molecule has 1 aromatic carbocycles. The topological polar surface area (TPSA) is 20.3 Å². The summed E-state index contributed by atoms with van der Waals surface area (Å²) >= 11 is 0. The second kappa shape index (κ2) is 5.35. The van der Waals surface area contributed by atoms with Crippen LogP contribution in [0.1, 0.15) is 49.9 Å². The Bertz CT molecular complexity index is 400. The second-order valence-corrected chi connectivity index (χ2v) is 4.69. The Morgan fingerprint density at radius 3 is 2.82 bits per heavy atom. The third kappa shape index (κ3) is 2.36. The van der Waals surface area contributed by atoms with Gasteiger partial charge in [-0.3, -0.25) is 4.79 Å². The Morgan fingerprint density at radius 1 is 1.35 bits per heavy atom. The first-order chi connectivity index (χ1) is 8.27. The fourth-order valence-electron chi connectivity index (χ4n) is 2.73. The average molecular weight is 231 g/mol. The van der Waals surface area contributed by atoms with E-state index >= 15 is 0 Å². The van der Waals surface area contributed by atoms with Gasteiger partial charge < -0.3 is 4.90 Å². The summed E-state index contributed by atoms with van der Waals surface area (Å²) in [5, 5.41) is 0. The van der Waals surface area contributed by atoms with Crippen molar-refractivity contribution in [3.05, 3.63) is 29.8 Å². The van der Waals surface area contributed by atoms with E-state index in [0.717, 1.165) is 24.2 Å². The Hall–Kier alpha value is -1.31. The molecule has 0 bridgehead atoms. The molecule has 1 saturated heterocycles. The summed E-state index contributed by atoms with van der Waals surface area (Å²) in [6, 6.07) is 8.67. The number of ketones is 1. The molecule has 0 spiro atoms. The number of carbonyl (C=O) groups is 1. The van der Waals surface area contributed by atoms with Crippen molar-refractivity contribution >= 4 is 11.5 Å². The zero-order valence-corrected chi connectivity index (χ0v) is 10.8. The normalized spacial score (nSPS) is 19.6. The van der Waals surface area contributed by atoms with E-state index in [1.54, 1.807) is 0 Å². The highest BCUT2D eigenvalue weighted by atomic mass is 16.1. The Kier molecular flexibility index (Phi) is 3.82. The van der Waals surface area contributed by atoms with Gasteiger partial charge in [0.15, 0.2) is 5.78 Å². The van der Waals surface area contributed by atoms with Crippen molar-refractivity contribution in [1.82, 2.24) is 0 Å². The third-order valence-corrected chi connectivity index (χ3v) is 3.68. The van der Waals surface area contributed by atoms with E-state index in [1.807, 2.05) is 25.1 Å². The molecular formula is C15H21NO. The molecule has 92 valence electrons. The van der Waals surface area contributed by atoms with E-state index in [2.05, 4.69) is 17.9 Å². The predicted molar refractivity (Wildman–Crippen MR) is 71.7 cm³/mol. The molecule has 1 aromatic rings. The van der Waals surface area contributed by atoms with E-state index in [9.17, 15) is 4.79 Å². The van der Waals surface area contributed by atoms with Crippen LogP contribution in [-0.4, -0.2) is 18.4 Å². The molecule has 1 aliphatic heterocycles. The molecule has 2 heteroatoms. The summed E-state index contributed by atoms with van der Waals surface area (Å²) in [5.74, 6) is 0.252. The summed E-state index contributed by atoms with van der Waals surface area (Å²) in [5.41, 5.74) is 2.04. The summed E-state index contributed by atoms with van der Waals surface area (Å²) in [7, 11) is 0. The van der Waals surface area contributed by atoms with Gasteiger partial charge in [0.1, 0.15) is 0 Å². The lowest BCUT2D eigenvalue weighted by molar-refractivity contribution is 0.0988. The monoisotopic (exact) mass is 231 g/mol. The van der Waals surface area contributed by atoms with Gasteiger partial charge in [0, 0.05) is 30.3 Å². The molecule has 0 amide bonds. The lowest BCUT2D eigenvalue weighted by atomic mass is 10.0. The zero-order valence-electron chi connectivity index (χ0n) is 10.8. The van der Waals surface area contributed by atoms with Gasteiger partial charge in [0.25, 0.3) is 0 Å². The molecule has 2 rings (SSSR count). The van der Waals surface area contributed by atoms with Crippen molar-refractivity contribution in [3.8, 4) is 0 Å². The SMILES string of the molecule is CCC(=O)c1ccccc1N1CCCC1CC. The maximum atomic E-state index is 12.0. The first kappa shape index (κ1) is 12.2. The Labute approximate surface area is 104 Å². The van der Waals surface area contributed by atoms with Crippen LogP contribution in [0.15, 0.2) is 24.3 Å². The number of hydrogen-bond donors (Lipinski definition) is 0. The molecule has 1 atom stereocenters. The largest absolute Gasteiger partial charge is 0.368 e. The Morgan fingerprint density at radius 2 is 2.12 bits per heavy atom. The molecule has 1 fully saturated rings. The van der Waals surface area contributed by atoms with Crippen LogP contribution in [0.25, 0.3) is 0 Å². The lowest BCUT2D eigenvalue weighted by Gasteiger charge is -2.27. The van der Waals surface area contributed by atoms with E-state index in [1.165, 1.54) is 12.8 Å². The number of hydrogen-bond acceptors (Lipinski definition) is 2. The molecule has 1 aliphatic rings. The molecule has 0 saturated carbocycles. The molecule has 2 nitrogen and oxygen atoms in total. The van der Waals surface area contributed by atoms with Crippen molar-refractivity contribution in [2.75, 3.05) is 11.4 Å². The van der Waals surface area contributed by atoms with Crippen molar-refractivity contribution in [2.45, 2.75) is 45.6 Å². The van der Waals surface area contributed by atoms with Gasteiger partial charge >= 0.3 is 0 Å². The standard InChI is InChI=1S/C15H21NO/c1-3-12-8-7-11-16(12)14-10-6-5-9-13(14)15(17)4-2/h5-6,9-10,12H,3-4,7-8,11H2,1-2H3. The van der Waals surface area contributed by atoms with Crippen LogP contribution in [0.5, 0.6) is 0 Å². The Balaban J connectivity index is 2.34. The third-order valence-electron chi connectivity index (χ3n) is 3.68. The predicted octanol–water partition coefficient (Wildman–Crippen LogP) is 3.66. The van der Waals surface area contributed by atoms with Crippen LogP contribution >= 0.6 is 0 Å². The van der Waals surface area contributed by atoms with Gasteiger partial charge in [0.05, 0.1) is 0 Å². The summed E-state index contributed by atoms with van der Waals surface area (Å²) in [6.45, 7) is 5.25. The molecular weight excluding hydrogens is 210 g/mol. The minimum Gasteiger partial charge on any atom is -0.368 e. The summed E-state index contributed by atoms with van der Waals surface area (Å²) < 4.78 is 0. The van der Waals surface area contributed by atoms with Crippen LogP contribution < -0.4 is 4.90 Å². The quantitative estimate of drug-likeness (QED) is 0.737. The van der Waals surface area contributed by atoms with E-state index in [-0.39, 0.29) is 5.78 Å². The first-order valence-corrected chi connectivity index (χ1v) is 6.66. The van der Waals surface area contributed by atoms with Gasteiger partial charge in [0.2, 0.25) is 0 Å². The minimum atomic E-state index is 0.252. The highest BCUT2D eigenvalue weighted by Crippen LogP contribution is 2.30. The molecule has 0 radical (unpaired) electrons. The molecule has 17 heavy (non-hydrogen) atoms. The van der Waals surface area contributed by atoms with Gasteiger partial charge in [-0.05, 0) is 31.4 Å². The number of benzene rings is 1. The second-order valence-electron chi connectivity index (χ2n) is 4.69. The van der Waals surface area contributed by atoms with Gasteiger partial charge in [-0.2, -0.15) is 0 Å². The number of carbonyl (C=O) groups excluding carboxylic acids is 1. The van der Waals surface area contributed by atoms with E-state index in [0.29, 0.717) is 12.5 Å². The summed E-state index contributed by atoms with van der Waals surface area (Å²) in [4.78, 5) is 14.4. The molecule has 1 heterocycles. The van der Waals surface area contributed by atoms with Crippen LogP contribution in [-0.2, 0) is 0 Å². The van der Waals surface area contributed by atoms with Crippen LogP contribution in [0, 0.1) is 0 Å². The van der Waals surface area contributed by atoms with Gasteiger partial charge in [-0.25, -0.2) is 0 Å². The average Bonchev–Trinajstić information content (AvgIpc) is 2.86. The number of nitrogens with zero attached hydrogens (tertiary/aromatic N) is 1. The van der Waals surface area contributed by atoms with Crippen LogP contribution in [0.4, 0.5) is 5.69 Å². The number of para-hydroxylation sites is 1. The van der Waals surface area contributed by atoms with Crippen LogP contribution in [0.3, 0.4) is 0 Å². The smallest absolute Gasteiger partial charge is 0.164 e. The van der Waals surface area contributed by atoms with Crippen molar-refractivity contribution < 1.29 is 4.79 Å². The molecule has 0 aliphatic carbocycles. The van der Waals surface area contributed by atoms with E-state index in [4.69, 9.17) is 0 Å². The van der Waals surface area contributed by atoms with Crippen molar-refractivity contribution in [1.29, 1.82) is 0 Å².